The molecule has 1 aliphatic rings. The van der Waals surface area contributed by atoms with Crippen LogP contribution in [0.4, 0.5) is 0 Å². The summed E-state index contributed by atoms with van der Waals surface area (Å²) in [6, 6.07) is 16.3. The van der Waals surface area contributed by atoms with Crippen LogP contribution in [0.1, 0.15) is 18.4 Å². The Labute approximate surface area is 146 Å². The van der Waals surface area contributed by atoms with E-state index in [1.54, 1.807) is 0 Å². The van der Waals surface area contributed by atoms with Crippen LogP contribution < -0.4 is 5.32 Å². The van der Waals surface area contributed by atoms with E-state index in [9.17, 15) is 4.79 Å². The van der Waals surface area contributed by atoms with Crippen molar-refractivity contribution in [2.75, 3.05) is 13.2 Å². The van der Waals surface area contributed by atoms with E-state index in [1.165, 1.54) is 5.56 Å². The maximum Gasteiger partial charge on any atom is 0.249 e. The quantitative estimate of drug-likeness (QED) is 0.753. The second-order valence-electron chi connectivity index (χ2n) is 6.35. The number of amides is 1. The van der Waals surface area contributed by atoms with Crippen molar-refractivity contribution in [2.24, 2.45) is 0 Å². The lowest BCUT2D eigenvalue weighted by atomic mass is 10.1. The Morgan fingerprint density at radius 2 is 2.12 bits per heavy atom. The molecule has 3 aromatic rings. The topological polar surface area (TPSA) is 67.0 Å². The third-order valence-corrected chi connectivity index (χ3v) is 4.53. The van der Waals surface area contributed by atoms with Crippen molar-refractivity contribution in [3.05, 3.63) is 54.1 Å². The third-order valence-electron chi connectivity index (χ3n) is 4.53. The molecule has 4 rings (SSSR count). The predicted octanol–water partition coefficient (Wildman–Crippen LogP) is 3.07. The molecule has 0 radical (unpaired) electrons. The van der Waals surface area contributed by atoms with E-state index in [-0.39, 0.29) is 12.0 Å². The fourth-order valence-corrected chi connectivity index (χ4v) is 3.17. The van der Waals surface area contributed by atoms with Gasteiger partial charge in [-0.05, 0) is 37.0 Å². The molecule has 1 aromatic heterocycles. The minimum atomic E-state index is -0.261. The van der Waals surface area contributed by atoms with Gasteiger partial charge in [-0.15, -0.1) is 0 Å². The van der Waals surface area contributed by atoms with E-state index in [0.717, 1.165) is 41.7 Å². The third kappa shape index (κ3) is 3.56. The van der Waals surface area contributed by atoms with Crippen LogP contribution in [0.3, 0.4) is 0 Å². The molecule has 1 saturated heterocycles. The van der Waals surface area contributed by atoms with Crippen LogP contribution in [0.15, 0.2) is 48.5 Å². The number of rotatable bonds is 5. The zero-order valence-corrected chi connectivity index (χ0v) is 14.0. The van der Waals surface area contributed by atoms with Crippen molar-refractivity contribution in [3.8, 4) is 11.4 Å². The molecule has 5 heteroatoms. The van der Waals surface area contributed by atoms with Gasteiger partial charge in [0.05, 0.1) is 11.0 Å². The van der Waals surface area contributed by atoms with Gasteiger partial charge >= 0.3 is 0 Å². The van der Waals surface area contributed by atoms with Gasteiger partial charge in [0.1, 0.15) is 11.9 Å². The Kier molecular flexibility index (Phi) is 4.48. The molecule has 0 spiro atoms. The Morgan fingerprint density at radius 1 is 1.24 bits per heavy atom. The standard InChI is InChI=1S/C20H21N3O2/c24-20(18-7-4-12-25-18)21-11-10-14-8-9-16-17(13-14)23-19(22-16)15-5-2-1-3-6-15/h1-3,5-6,8-9,13,18H,4,7,10-12H2,(H,21,24)(H,22,23). The van der Waals surface area contributed by atoms with Gasteiger partial charge in [-0.25, -0.2) is 4.98 Å². The highest BCUT2D eigenvalue weighted by Gasteiger charge is 2.22. The van der Waals surface area contributed by atoms with Crippen LogP contribution in [0.2, 0.25) is 0 Å². The summed E-state index contributed by atoms with van der Waals surface area (Å²) in [4.78, 5) is 20.0. The van der Waals surface area contributed by atoms with Crippen molar-refractivity contribution < 1.29 is 9.53 Å². The average molecular weight is 335 g/mol. The monoisotopic (exact) mass is 335 g/mol. The highest BCUT2D eigenvalue weighted by molar-refractivity contribution is 5.81. The summed E-state index contributed by atoms with van der Waals surface area (Å²) in [7, 11) is 0. The summed E-state index contributed by atoms with van der Waals surface area (Å²) in [5.41, 5.74) is 4.21. The maximum absolute atomic E-state index is 12.0. The second kappa shape index (κ2) is 7.07. The molecule has 5 nitrogen and oxygen atoms in total. The zero-order valence-electron chi connectivity index (χ0n) is 14.0. The van der Waals surface area contributed by atoms with Crippen LogP contribution in [0.5, 0.6) is 0 Å². The van der Waals surface area contributed by atoms with Crippen LogP contribution in [0, 0.1) is 0 Å². The molecule has 25 heavy (non-hydrogen) atoms. The Hall–Kier alpha value is -2.66. The molecule has 1 atom stereocenters. The molecule has 0 bridgehead atoms. The van der Waals surface area contributed by atoms with Gasteiger partial charge in [0.15, 0.2) is 0 Å². The molecular formula is C20H21N3O2. The van der Waals surface area contributed by atoms with Crippen LogP contribution in [-0.2, 0) is 16.0 Å². The number of hydrogen-bond donors (Lipinski definition) is 2. The molecule has 2 aromatic carbocycles. The van der Waals surface area contributed by atoms with Crippen molar-refractivity contribution in [2.45, 2.75) is 25.4 Å². The number of hydrogen-bond acceptors (Lipinski definition) is 3. The Morgan fingerprint density at radius 3 is 2.92 bits per heavy atom. The largest absolute Gasteiger partial charge is 0.368 e. The number of ether oxygens (including phenoxy) is 1. The molecule has 0 saturated carbocycles. The molecule has 2 heterocycles. The minimum Gasteiger partial charge on any atom is -0.368 e. The van der Waals surface area contributed by atoms with E-state index < -0.39 is 0 Å². The summed E-state index contributed by atoms with van der Waals surface area (Å²) in [6.45, 7) is 1.31. The fourth-order valence-electron chi connectivity index (χ4n) is 3.17. The second-order valence-corrected chi connectivity index (χ2v) is 6.35. The normalized spacial score (nSPS) is 17.0. The predicted molar refractivity (Wildman–Crippen MR) is 97.2 cm³/mol. The highest BCUT2D eigenvalue weighted by Crippen LogP contribution is 2.21. The highest BCUT2D eigenvalue weighted by atomic mass is 16.5. The number of aromatic amines is 1. The number of benzene rings is 2. The molecule has 2 N–H and O–H groups in total. The van der Waals surface area contributed by atoms with Crippen molar-refractivity contribution >= 4 is 16.9 Å². The number of aromatic nitrogens is 2. The van der Waals surface area contributed by atoms with Crippen molar-refractivity contribution in [1.29, 1.82) is 0 Å². The molecule has 1 unspecified atom stereocenters. The van der Waals surface area contributed by atoms with Crippen molar-refractivity contribution in [1.82, 2.24) is 15.3 Å². The zero-order chi connectivity index (χ0) is 17.1. The van der Waals surface area contributed by atoms with E-state index in [1.807, 2.05) is 36.4 Å². The molecule has 1 amide bonds. The van der Waals surface area contributed by atoms with E-state index in [4.69, 9.17) is 4.74 Å². The number of nitrogens with one attached hydrogen (secondary N) is 2. The smallest absolute Gasteiger partial charge is 0.249 e. The first-order chi connectivity index (χ1) is 12.3. The van der Waals surface area contributed by atoms with Gasteiger partial charge in [0, 0.05) is 18.7 Å². The number of H-pyrrole nitrogens is 1. The Bertz CT molecular complexity index is 867. The number of carbonyl (C=O) groups excluding carboxylic acids is 1. The lowest BCUT2D eigenvalue weighted by molar-refractivity contribution is -0.129. The fraction of sp³-hybridized carbons (Fsp3) is 0.300. The van der Waals surface area contributed by atoms with Gasteiger partial charge < -0.3 is 15.0 Å². The van der Waals surface area contributed by atoms with Gasteiger partial charge in [0.25, 0.3) is 0 Å². The summed E-state index contributed by atoms with van der Waals surface area (Å²) in [6.07, 6.45) is 2.32. The van der Waals surface area contributed by atoms with Gasteiger partial charge in [-0.2, -0.15) is 0 Å². The van der Waals surface area contributed by atoms with Gasteiger partial charge in [-0.1, -0.05) is 36.4 Å². The molecule has 128 valence electrons. The number of nitrogens with zero attached hydrogens (tertiary/aromatic N) is 1. The van der Waals surface area contributed by atoms with Crippen molar-refractivity contribution in [3.63, 3.8) is 0 Å². The number of carbonyl (C=O) groups is 1. The summed E-state index contributed by atoms with van der Waals surface area (Å²) in [5.74, 6) is 0.880. The SMILES string of the molecule is O=C(NCCc1ccc2nc(-c3ccccc3)[nH]c2c1)C1CCCO1. The molecule has 1 aliphatic heterocycles. The van der Waals surface area contributed by atoms with E-state index in [2.05, 4.69) is 27.4 Å². The first-order valence-corrected chi connectivity index (χ1v) is 8.73. The molecule has 0 aliphatic carbocycles. The van der Waals surface area contributed by atoms with E-state index >= 15 is 0 Å². The minimum absolute atomic E-state index is 0.00600. The summed E-state index contributed by atoms with van der Waals surface area (Å²) in [5, 5.41) is 2.96. The lowest BCUT2D eigenvalue weighted by Crippen LogP contribution is -2.35. The summed E-state index contributed by atoms with van der Waals surface area (Å²) < 4.78 is 5.39. The molecule has 1 fully saturated rings. The Balaban J connectivity index is 1.41. The van der Waals surface area contributed by atoms with Crippen LogP contribution >= 0.6 is 0 Å². The first kappa shape index (κ1) is 15.8. The summed E-state index contributed by atoms with van der Waals surface area (Å²) >= 11 is 0. The number of fused-ring (bicyclic) bond motifs is 1. The van der Waals surface area contributed by atoms with E-state index in [0.29, 0.717) is 13.2 Å². The van der Waals surface area contributed by atoms with Gasteiger partial charge in [0.2, 0.25) is 5.91 Å². The first-order valence-electron chi connectivity index (χ1n) is 8.73. The lowest BCUT2D eigenvalue weighted by Gasteiger charge is -2.10. The molecular weight excluding hydrogens is 314 g/mol. The van der Waals surface area contributed by atoms with Crippen LogP contribution in [-0.4, -0.2) is 35.1 Å². The number of imidazole rings is 1. The average Bonchev–Trinajstić information content (AvgIpc) is 3.32. The van der Waals surface area contributed by atoms with Gasteiger partial charge in [-0.3, -0.25) is 4.79 Å². The van der Waals surface area contributed by atoms with Crippen LogP contribution in [0.25, 0.3) is 22.4 Å². The maximum atomic E-state index is 12.0.